The molecule has 2 aliphatic carbocycles. The fourth-order valence-corrected chi connectivity index (χ4v) is 6.96. The number of unbranched alkanes of at least 4 members (excludes halogenated alkanes) is 10. The predicted octanol–water partition coefficient (Wildman–Crippen LogP) is 7.89. The fraction of sp³-hybridized carbons (Fsp3) is 0.684. The predicted molar refractivity (Wildman–Crippen MR) is 176 cm³/mol. The van der Waals surface area contributed by atoms with E-state index in [9.17, 15) is 19.2 Å². The van der Waals surface area contributed by atoms with Crippen LogP contribution in [0.3, 0.4) is 0 Å². The number of Topliss-reactive ketones (excluding diaryl/α,β-unsaturated/α-hetero) is 1. The van der Waals surface area contributed by atoms with E-state index in [2.05, 4.69) is 6.92 Å². The first-order valence-corrected chi connectivity index (χ1v) is 17.8. The summed E-state index contributed by atoms with van der Waals surface area (Å²) >= 11 is 0. The largest absolute Gasteiger partial charge is 0.462 e. The van der Waals surface area contributed by atoms with Crippen LogP contribution in [0, 0.1) is 0 Å². The Labute approximate surface area is 275 Å². The van der Waals surface area contributed by atoms with E-state index >= 15 is 0 Å². The molecule has 0 N–H and O–H groups in total. The highest BCUT2D eigenvalue weighted by Crippen LogP contribution is 2.48. The number of ether oxygens (including phenoxy) is 4. The average Bonchev–Trinajstić information content (AvgIpc) is 3.35. The minimum absolute atomic E-state index is 0.0993. The molecule has 2 spiro atoms. The van der Waals surface area contributed by atoms with Crippen LogP contribution >= 0.6 is 0 Å². The van der Waals surface area contributed by atoms with E-state index in [0.717, 1.165) is 25.7 Å². The van der Waals surface area contributed by atoms with E-state index in [4.69, 9.17) is 18.9 Å². The molecule has 0 radical (unpaired) electrons. The molecule has 2 aliphatic heterocycles. The summed E-state index contributed by atoms with van der Waals surface area (Å²) in [7, 11) is 0. The Hall–Kier alpha value is -2.68. The first kappa shape index (κ1) is 36.2. The lowest BCUT2D eigenvalue weighted by molar-refractivity contribution is -0.351. The highest BCUT2D eigenvalue weighted by Gasteiger charge is 2.54. The summed E-state index contributed by atoms with van der Waals surface area (Å²) in [5.74, 6) is -1.95. The van der Waals surface area contributed by atoms with Crippen LogP contribution in [0.5, 0.6) is 0 Å². The van der Waals surface area contributed by atoms with Crippen LogP contribution in [0.2, 0.25) is 0 Å². The Morgan fingerprint density at radius 3 is 1.98 bits per heavy atom. The second kappa shape index (κ2) is 17.5. The van der Waals surface area contributed by atoms with Crippen molar-refractivity contribution in [2.24, 2.45) is 0 Å². The number of hydrogen-bond donors (Lipinski definition) is 0. The van der Waals surface area contributed by atoms with E-state index in [0.29, 0.717) is 25.7 Å². The van der Waals surface area contributed by atoms with Gasteiger partial charge in [0.05, 0.1) is 0 Å². The van der Waals surface area contributed by atoms with Crippen LogP contribution in [-0.4, -0.2) is 52.7 Å². The first-order valence-electron chi connectivity index (χ1n) is 17.8. The molecule has 4 rings (SSSR count). The van der Waals surface area contributed by atoms with Crippen LogP contribution < -0.4 is 0 Å². The number of esters is 1. The lowest BCUT2D eigenvalue weighted by atomic mass is 9.91. The molecule has 2 heterocycles. The van der Waals surface area contributed by atoms with Crippen LogP contribution in [-0.2, 0) is 38.1 Å². The Morgan fingerprint density at radius 1 is 0.783 bits per heavy atom. The van der Waals surface area contributed by atoms with Gasteiger partial charge in [-0.3, -0.25) is 19.2 Å². The summed E-state index contributed by atoms with van der Waals surface area (Å²) in [4.78, 5) is 49.3. The number of allylic oxidation sites excluding steroid dienone is 4. The summed E-state index contributed by atoms with van der Waals surface area (Å²) in [6.45, 7) is 4.28. The van der Waals surface area contributed by atoms with Crippen molar-refractivity contribution in [3.05, 3.63) is 48.6 Å². The Bertz CT molecular complexity index is 1150. The molecule has 1 unspecified atom stereocenters. The zero-order chi connectivity index (χ0) is 32.9. The number of ketones is 3. The highest BCUT2D eigenvalue weighted by molar-refractivity contribution is 6.01. The standard InChI is InChI=1S/C38H54O8/c1-3-5-6-7-8-9-10-11-12-13-14-15-32(41)27-34(42)43-33-28-35(44-36(20-4-2)21-16-30(39)17-22-36)45-38(29-33)26-25-37(46-38)23-18-31(40)19-24-37/h16-19,21-24,33,35H,3-15,20,25-29H2,1-2H3/t33-,35?,38-/m1/s1. The van der Waals surface area contributed by atoms with Crippen molar-refractivity contribution in [1.82, 2.24) is 0 Å². The van der Waals surface area contributed by atoms with Gasteiger partial charge in [0.1, 0.15) is 29.5 Å². The van der Waals surface area contributed by atoms with Gasteiger partial charge in [0.25, 0.3) is 0 Å². The van der Waals surface area contributed by atoms with Crippen molar-refractivity contribution >= 4 is 23.3 Å². The van der Waals surface area contributed by atoms with Crippen LogP contribution in [0.4, 0.5) is 0 Å². The summed E-state index contributed by atoms with van der Waals surface area (Å²) in [5.41, 5.74) is -1.62. The number of rotatable bonds is 19. The monoisotopic (exact) mass is 638 g/mol. The van der Waals surface area contributed by atoms with Crippen molar-refractivity contribution < 1.29 is 38.1 Å². The van der Waals surface area contributed by atoms with Gasteiger partial charge < -0.3 is 18.9 Å². The molecule has 2 saturated heterocycles. The summed E-state index contributed by atoms with van der Waals surface area (Å²) < 4.78 is 25.5. The highest BCUT2D eigenvalue weighted by atomic mass is 16.8. The molecule has 0 aromatic carbocycles. The fourth-order valence-electron chi connectivity index (χ4n) is 6.96. The molecule has 0 bridgehead atoms. The maximum absolute atomic E-state index is 13.0. The van der Waals surface area contributed by atoms with Gasteiger partial charge in [-0.05, 0) is 67.9 Å². The minimum Gasteiger partial charge on any atom is -0.462 e. The van der Waals surface area contributed by atoms with Crippen molar-refractivity contribution in [3.8, 4) is 0 Å². The van der Waals surface area contributed by atoms with E-state index in [1.54, 1.807) is 24.3 Å². The van der Waals surface area contributed by atoms with Gasteiger partial charge in [0.2, 0.25) is 0 Å². The molecule has 4 aliphatic rings. The third-order valence-electron chi connectivity index (χ3n) is 9.42. The molecular weight excluding hydrogens is 584 g/mol. The average molecular weight is 639 g/mol. The van der Waals surface area contributed by atoms with Gasteiger partial charge in [-0.15, -0.1) is 0 Å². The zero-order valence-electron chi connectivity index (χ0n) is 28.0. The smallest absolute Gasteiger partial charge is 0.313 e. The first-order chi connectivity index (χ1) is 22.2. The molecule has 8 heteroatoms. The Morgan fingerprint density at radius 2 is 1.37 bits per heavy atom. The summed E-state index contributed by atoms with van der Waals surface area (Å²) in [6, 6.07) is 0. The van der Waals surface area contributed by atoms with Crippen molar-refractivity contribution in [3.63, 3.8) is 0 Å². The van der Waals surface area contributed by atoms with E-state index in [1.165, 1.54) is 75.7 Å². The molecule has 0 aromatic rings. The van der Waals surface area contributed by atoms with Crippen LogP contribution in [0.25, 0.3) is 0 Å². The zero-order valence-corrected chi connectivity index (χ0v) is 28.0. The van der Waals surface area contributed by atoms with E-state index in [1.807, 2.05) is 6.92 Å². The van der Waals surface area contributed by atoms with Crippen molar-refractivity contribution in [2.45, 2.75) is 165 Å². The summed E-state index contributed by atoms with van der Waals surface area (Å²) in [5, 5.41) is 0. The van der Waals surface area contributed by atoms with Crippen LogP contribution in [0.1, 0.15) is 136 Å². The molecule has 254 valence electrons. The number of carbonyl (C=O) groups is 4. The normalized spacial score (nSPS) is 26.0. The summed E-state index contributed by atoms with van der Waals surface area (Å²) in [6.07, 6.45) is 28.1. The van der Waals surface area contributed by atoms with Gasteiger partial charge >= 0.3 is 5.97 Å². The van der Waals surface area contributed by atoms with E-state index in [-0.39, 0.29) is 36.6 Å². The quantitative estimate of drug-likeness (QED) is 0.0799. The molecule has 0 amide bonds. The van der Waals surface area contributed by atoms with Crippen molar-refractivity contribution in [2.75, 3.05) is 0 Å². The Kier molecular flexibility index (Phi) is 13.7. The van der Waals surface area contributed by atoms with Gasteiger partial charge in [0, 0.05) is 25.7 Å². The van der Waals surface area contributed by atoms with E-state index < -0.39 is 35.4 Å². The molecule has 2 fully saturated rings. The Balaban J connectivity index is 1.29. The number of carbonyl (C=O) groups excluding carboxylic acids is 4. The third-order valence-corrected chi connectivity index (χ3v) is 9.42. The molecule has 0 saturated carbocycles. The van der Waals surface area contributed by atoms with Crippen LogP contribution in [0.15, 0.2) is 48.6 Å². The van der Waals surface area contributed by atoms with Gasteiger partial charge in [0.15, 0.2) is 23.6 Å². The molecule has 3 atom stereocenters. The van der Waals surface area contributed by atoms with Gasteiger partial charge in [-0.25, -0.2) is 0 Å². The van der Waals surface area contributed by atoms with Crippen molar-refractivity contribution in [1.29, 1.82) is 0 Å². The second-order valence-electron chi connectivity index (χ2n) is 13.5. The lowest BCUT2D eigenvalue weighted by Crippen LogP contribution is -2.51. The molecular formula is C38H54O8. The lowest BCUT2D eigenvalue weighted by Gasteiger charge is -2.44. The molecule has 0 aromatic heterocycles. The van der Waals surface area contributed by atoms with Gasteiger partial charge in [-0.2, -0.15) is 0 Å². The minimum atomic E-state index is -1.10. The van der Waals surface area contributed by atoms with Gasteiger partial charge in [-0.1, -0.05) is 84.5 Å². The molecule has 8 nitrogen and oxygen atoms in total. The maximum Gasteiger partial charge on any atom is 0.313 e. The molecule has 46 heavy (non-hydrogen) atoms. The number of hydrogen-bond acceptors (Lipinski definition) is 8. The maximum atomic E-state index is 13.0. The topological polar surface area (TPSA) is 105 Å². The SMILES string of the molecule is CCCCCCCCCCCCCC(=O)CC(=O)O[C@@H]1CC(OC2(CCC)C=CC(=O)C=C2)O[C@@]2(CCC3(C=CC(=O)C=C3)O2)C1. The second-order valence-corrected chi connectivity index (χ2v) is 13.5. The third kappa shape index (κ3) is 11.0.